The van der Waals surface area contributed by atoms with E-state index in [0.29, 0.717) is 25.7 Å². The van der Waals surface area contributed by atoms with Crippen LogP contribution in [-0.2, 0) is 9.47 Å². The van der Waals surface area contributed by atoms with Gasteiger partial charge in [-0.3, -0.25) is 0 Å². The van der Waals surface area contributed by atoms with Gasteiger partial charge in [0.1, 0.15) is 6.10 Å². The lowest BCUT2D eigenvalue weighted by Crippen LogP contribution is -2.43. The summed E-state index contributed by atoms with van der Waals surface area (Å²) < 4.78 is 10.5. The summed E-state index contributed by atoms with van der Waals surface area (Å²) in [5.74, 6) is 0.432. The summed E-state index contributed by atoms with van der Waals surface area (Å²) in [5.41, 5.74) is 5.63. The molecule has 0 saturated carbocycles. The van der Waals surface area contributed by atoms with E-state index in [4.69, 9.17) is 15.2 Å². The number of carbonyl (C=O) groups excluding carboxylic acids is 1. The quantitative estimate of drug-likeness (QED) is 0.751. The van der Waals surface area contributed by atoms with E-state index in [1.807, 2.05) is 0 Å². The second kappa shape index (κ2) is 5.50. The number of carbonyl (C=O) groups is 1. The third-order valence-corrected chi connectivity index (χ3v) is 3.27. The maximum atomic E-state index is 11.8. The highest BCUT2D eigenvalue weighted by atomic mass is 16.6. The van der Waals surface area contributed by atoms with E-state index in [9.17, 15) is 4.79 Å². The van der Waals surface area contributed by atoms with Crippen molar-refractivity contribution in [1.82, 2.24) is 4.90 Å². The van der Waals surface area contributed by atoms with Gasteiger partial charge >= 0.3 is 6.09 Å². The molecule has 2 N–H and O–H groups in total. The molecule has 92 valence electrons. The van der Waals surface area contributed by atoms with Crippen molar-refractivity contribution in [3.63, 3.8) is 0 Å². The number of rotatable bonds is 2. The van der Waals surface area contributed by atoms with Crippen LogP contribution in [0.4, 0.5) is 4.79 Å². The smallest absolute Gasteiger partial charge is 0.410 e. The Labute approximate surface area is 95.9 Å². The number of hydrogen-bond acceptors (Lipinski definition) is 4. The highest BCUT2D eigenvalue weighted by Gasteiger charge is 2.27. The van der Waals surface area contributed by atoms with Gasteiger partial charge in [-0.25, -0.2) is 4.79 Å². The van der Waals surface area contributed by atoms with Crippen molar-refractivity contribution in [3.05, 3.63) is 0 Å². The van der Waals surface area contributed by atoms with Crippen molar-refractivity contribution in [2.24, 2.45) is 11.7 Å². The molecule has 0 aromatic heterocycles. The summed E-state index contributed by atoms with van der Waals surface area (Å²) in [6, 6.07) is 0. The Hall–Kier alpha value is -0.810. The standard InChI is InChI=1S/C11H20N2O3/c12-6-9-2-1-4-13(7-9)11(14)16-10-3-5-15-8-10/h9-10H,1-8,12H2/t9-,10?/m1/s1. The number of nitrogens with two attached hydrogens (primary N) is 1. The average Bonchev–Trinajstić information content (AvgIpc) is 2.82. The lowest BCUT2D eigenvalue weighted by molar-refractivity contribution is 0.0448. The van der Waals surface area contributed by atoms with E-state index in [1.165, 1.54) is 0 Å². The van der Waals surface area contributed by atoms with Crippen molar-refractivity contribution in [3.8, 4) is 0 Å². The fourth-order valence-corrected chi connectivity index (χ4v) is 2.25. The largest absolute Gasteiger partial charge is 0.444 e. The van der Waals surface area contributed by atoms with Crippen LogP contribution in [0.5, 0.6) is 0 Å². The molecule has 2 saturated heterocycles. The highest BCUT2D eigenvalue weighted by Crippen LogP contribution is 2.17. The van der Waals surface area contributed by atoms with Crippen molar-refractivity contribution < 1.29 is 14.3 Å². The van der Waals surface area contributed by atoms with Gasteiger partial charge < -0.3 is 20.1 Å². The first-order valence-electron chi connectivity index (χ1n) is 6.03. The molecule has 2 rings (SSSR count). The molecule has 0 spiro atoms. The summed E-state index contributed by atoms with van der Waals surface area (Å²) >= 11 is 0. The van der Waals surface area contributed by atoms with Gasteiger partial charge in [0.25, 0.3) is 0 Å². The predicted octanol–water partition coefficient (Wildman–Crippen LogP) is 0.583. The third-order valence-electron chi connectivity index (χ3n) is 3.27. The summed E-state index contributed by atoms with van der Waals surface area (Å²) in [6.45, 7) is 3.42. The maximum absolute atomic E-state index is 11.8. The molecule has 5 nitrogen and oxygen atoms in total. The fraction of sp³-hybridized carbons (Fsp3) is 0.909. The zero-order valence-corrected chi connectivity index (χ0v) is 9.56. The van der Waals surface area contributed by atoms with E-state index in [2.05, 4.69) is 0 Å². The van der Waals surface area contributed by atoms with E-state index < -0.39 is 0 Å². The number of hydrogen-bond donors (Lipinski definition) is 1. The van der Waals surface area contributed by atoms with Crippen LogP contribution in [0.15, 0.2) is 0 Å². The Balaban J connectivity index is 1.79. The molecule has 5 heteroatoms. The Kier molecular flexibility index (Phi) is 4.01. The SMILES string of the molecule is NC[C@H]1CCCN(C(=O)OC2CCOC2)C1. The molecular weight excluding hydrogens is 208 g/mol. The van der Waals surface area contributed by atoms with Crippen LogP contribution in [0.25, 0.3) is 0 Å². The predicted molar refractivity (Wildman–Crippen MR) is 59.1 cm³/mol. The number of piperidine rings is 1. The van der Waals surface area contributed by atoms with Crippen LogP contribution < -0.4 is 5.73 Å². The van der Waals surface area contributed by atoms with Crippen LogP contribution >= 0.6 is 0 Å². The second-order valence-corrected chi connectivity index (χ2v) is 4.56. The summed E-state index contributed by atoms with van der Waals surface area (Å²) in [6.07, 6.45) is 2.71. The molecule has 2 aliphatic heterocycles. The molecule has 16 heavy (non-hydrogen) atoms. The zero-order chi connectivity index (χ0) is 11.4. The molecule has 0 aliphatic carbocycles. The van der Waals surface area contributed by atoms with E-state index in [0.717, 1.165) is 32.4 Å². The molecule has 1 amide bonds. The molecule has 2 atom stereocenters. The maximum Gasteiger partial charge on any atom is 0.410 e. The molecule has 0 bridgehead atoms. The van der Waals surface area contributed by atoms with Crippen LogP contribution in [0.3, 0.4) is 0 Å². The minimum absolute atomic E-state index is 0.0502. The first kappa shape index (κ1) is 11.7. The zero-order valence-electron chi connectivity index (χ0n) is 9.56. The molecule has 2 aliphatic rings. The van der Waals surface area contributed by atoms with Gasteiger partial charge in [0.15, 0.2) is 0 Å². The molecule has 2 fully saturated rings. The molecule has 2 heterocycles. The molecular formula is C11H20N2O3. The highest BCUT2D eigenvalue weighted by molar-refractivity contribution is 5.68. The first-order valence-corrected chi connectivity index (χ1v) is 6.03. The van der Waals surface area contributed by atoms with Crippen LogP contribution in [0.2, 0.25) is 0 Å². The van der Waals surface area contributed by atoms with Crippen molar-refractivity contribution in [1.29, 1.82) is 0 Å². The van der Waals surface area contributed by atoms with Crippen molar-refractivity contribution in [2.45, 2.75) is 25.4 Å². The van der Waals surface area contributed by atoms with Gasteiger partial charge in [-0.15, -0.1) is 0 Å². The van der Waals surface area contributed by atoms with Crippen molar-refractivity contribution in [2.75, 3.05) is 32.8 Å². The Morgan fingerprint density at radius 2 is 2.38 bits per heavy atom. The van der Waals surface area contributed by atoms with Gasteiger partial charge in [0, 0.05) is 19.5 Å². The topological polar surface area (TPSA) is 64.8 Å². The second-order valence-electron chi connectivity index (χ2n) is 4.56. The summed E-state index contributed by atoms with van der Waals surface area (Å²) in [5, 5.41) is 0. The Morgan fingerprint density at radius 3 is 3.06 bits per heavy atom. The number of ether oxygens (including phenoxy) is 2. The molecule has 0 radical (unpaired) electrons. The lowest BCUT2D eigenvalue weighted by Gasteiger charge is -2.32. The minimum atomic E-state index is -0.200. The van der Waals surface area contributed by atoms with Gasteiger partial charge in [-0.05, 0) is 25.3 Å². The normalized spacial score (nSPS) is 30.4. The van der Waals surface area contributed by atoms with Crippen LogP contribution in [0.1, 0.15) is 19.3 Å². The number of amides is 1. The monoisotopic (exact) mass is 228 g/mol. The van der Waals surface area contributed by atoms with E-state index in [-0.39, 0.29) is 12.2 Å². The lowest BCUT2D eigenvalue weighted by atomic mass is 9.99. The molecule has 0 aromatic carbocycles. The molecule has 0 aromatic rings. The molecule has 1 unspecified atom stereocenters. The number of nitrogens with zero attached hydrogens (tertiary/aromatic N) is 1. The van der Waals surface area contributed by atoms with E-state index >= 15 is 0 Å². The van der Waals surface area contributed by atoms with Gasteiger partial charge in [0.2, 0.25) is 0 Å². The van der Waals surface area contributed by atoms with Gasteiger partial charge in [-0.2, -0.15) is 0 Å². The Morgan fingerprint density at radius 1 is 1.50 bits per heavy atom. The van der Waals surface area contributed by atoms with Gasteiger partial charge in [0.05, 0.1) is 13.2 Å². The average molecular weight is 228 g/mol. The number of likely N-dealkylation sites (tertiary alicyclic amines) is 1. The van der Waals surface area contributed by atoms with E-state index in [1.54, 1.807) is 4.90 Å². The van der Waals surface area contributed by atoms with Crippen LogP contribution in [0, 0.1) is 5.92 Å². The van der Waals surface area contributed by atoms with Gasteiger partial charge in [-0.1, -0.05) is 0 Å². The Bertz CT molecular complexity index is 241. The summed E-state index contributed by atoms with van der Waals surface area (Å²) in [7, 11) is 0. The first-order chi connectivity index (χ1) is 7.79. The third kappa shape index (κ3) is 2.86. The minimum Gasteiger partial charge on any atom is -0.444 e. The van der Waals surface area contributed by atoms with Crippen molar-refractivity contribution >= 4 is 6.09 Å². The summed E-state index contributed by atoms with van der Waals surface area (Å²) in [4.78, 5) is 13.6. The fourth-order valence-electron chi connectivity index (χ4n) is 2.25. The van der Waals surface area contributed by atoms with Crippen LogP contribution in [-0.4, -0.2) is 49.9 Å².